The molecular weight excluding hydrogens is 746 g/mol. The van der Waals surface area contributed by atoms with Crippen LogP contribution < -0.4 is 15.7 Å². The van der Waals surface area contributed by atoms with Gasteiger partial charge in [-0.1, -0.05) is 17.7 Å². The Morgan fingerprint density at radius 3 is 2.29 bits per heavy atom. The van der Waals surface area contributed by atoms with Crippen molar-refractivity contribution in [3.63, 3.8) is 0 Å². The zero-order valence-electron chi connectivity index (χ0n) is 30.6. The number of piperidine rings is 1. The molecule has 55 heavy (non-hydrogen) atoms. The lowest BCUT2D eigenvalue weighted by Gasteiger charge is -2.41. The van der Waals surface area contributed by atoms with Crippen LogP contribution in [0.1, 0.15) is 39.5 Å². The molecule has 4 aromatic rings. The number of alkyl halides is 2. The molecule has 13 nitrogen and oxygen atoms in total. The number of hydrogen-bond donors (Lipinski definition) is 3. The molecule has 4 heterocycles. The van der Waals surface area contributed by atoms with Gasteiger partial charge in [0.2, 0.25) is 18.6 Å². The van der Waals surface area contributed by atoms with E-state index in [1.807, 2.05) is 7.05 Å². The Balaban J connectivity index is 1.06. The fourth-order valence-corrected chi connectivity index (χ4v) is 7.65. The number of imidazole rings is 1. The van der Waals surface area contributed by atoms with Gasteiger partial charge < -0.3 is 29.9 Å². The maximum Gasteiger partial charge on any atom is 0.298 e. The minimum atomic E-state index is -2.64. The number of anilines is 1. The molecule has 0 aliphatic carbocycles. The Labute approximate surface area is 319 Å². The Hall–Kier alpha value is -5.29. The van der Waals surface area contributed by atoms with E-state index in [4.69, 9.17) is 17.3 Å². The summed E-state index contributed by atoms with van der Waals surface area (Å²) in [5.41, 5.74) is 6.28. The molecule has 2 aliphatic heterocycles. The highest BCUT2D eigenvalue weighted by Gasteiger charge is 2.37. The van der Waals surface area contributed by atoms with Gasteiger partial charge in [0.1, 0.15) is 0 Å². The van der Waals surface area contributed by atoms with E-state index in [1.54, 1.807) is 16.7 Å². The van der Waals surface area contributed by atoms with Crippen LogP contribution in [-0.4, -0.2) is 112 Å². The number of primary amides is 1. The normalized spacial score (nSPS) is 18.8. The van der Waals surface area contributed by atoms with Crippen LogP contribution in [0, 0.1) is 24.5 Å². The zero-order chi connectivity index (χ0) is 39.8. The maximum atomic E-state index is 15.5. The molecule has 18 heteroatoms. The highest BCUT2D eigenvalue weighted by atomic mass is 35.5. The number of halogens is 5. The van der Waals surface area contributed by atoms with Crippen LogP contribution in [0.4, 0.5) is 23.2 Å². The number of nitrogens with two attached hydrogens (primary N) is 1. The standard InChI is InChI=1S/C37H40ClF4N9O4/c1-21-27(18-50(46-21)19-30(39)40)24-6-7-26(33(42)32(24)41)29-17-44-34(47(29)2)35(53)45-23-4-5-25(28(38)16-23)37(55)49-12-10-48(11-13-49)36(54)22-8-14-51(3,15-9-22)20-31(43)52/h4-7,16-18,22,30H,8-15,19-20H2,1-3H3,(H2-,43,45,52,53,55)/p+2. The third kappa shape index (κ3) is 8.37. The third-order valence-electron chi connectivity index (χ3n) is 10.4. The van der Waals surface area contributed by atoms with E-state index in [9.17, 15) is 28.0 Å². The van der Waals surface area contributed by atoms with Crippen LogP contribution >= 0.6 is 11.6 Å². The monoisotopic (exact) mass is 787 g/mol. The summed E-state index contributed by atoms with van der Waals surface area (Å²) in [4.78, 5) is 58.9. The van der Waals surface area contributed by atoms with Gasteiger partial charge in [-0.15, -0.1) is 4.68 Å². The number of likely N-dealkylation sites (N-methyl/N-ethyl adjacent to an activating group) is 1. The number of H-pyrrole nitrogens is 1. The molecule has 4 N–H and O–H groups in total. The first kappa shape index (κ1) is 39.4. The van der Waals surface area contributed by atoms with Gasteiger partial charge in [-0.2, -0.15) is 5.10 Å². The van der Waals surface area contributed by atoms with Crippen LogP contribution in [0.5, 0.6) is 0 Å². The van der Waals surface area contributed by atoms with Gasteiger partial charge in [0.15, 0.2) is 24.0 Å². The molecule has 0 atom stereocenters. The molecule has 0 radical (unpaired) electrons. The van der Waals surface area contributed by atoms with Crippen molar-refractivity contribution < 1.29 is 45.9 Å². The molecule has 0 unspecified atom stereocenters. The summed E-state index contributed by atoms with van der Waals surface area (Å²) >= 11 is 6.52. The van der Waals surface area contributed by atoms with Gasteiger partial charge in [0, 0.05) is 68.8 Å². The van der Waals surface area contributed by atoms with E-state index < -0.39 is 30.5 Å². The molecular formula is C37H42ClF4N9O4+2. The summed E-state index contributed by atoms with van der Waals surface area (Å²) in [5, 5.41) is 5.46. The molecule has 0 saturated carbocycles. The number of nitrogens with zero attached hydrogens (tertiary/aromatic N) is 6. The lowest BCUT2D eigenvalue weighted by atomic mass is 9.93. The highest BCUT2D eigenvalue weighted by molar-refractivity contribution is 6.34. The van der Waals surface area contributed by atoms with Crippen molar-refractivity contribution in [1.29, 1.82) is 0 Å². The van der Waals surface area contributed by atoms with Gasteiger partial charge in [0.05, 0.1) is 53.9 Å². The first-order valence-electron chi connectivity index (χ1n) is 17.7. The van der Waals surface area contributed by atoms with Crippen molar-refractivity contribution in [3.8, 4) is 22.4 Å². The fourth-order valence-electron chi connectivity index (χ4n) is 7.39. The largest absolute Gasteiger partial charge is 0.365 e. The van der Waals surface area contributed by atoms with E-state index in [2.05, 4.69) is 15.4 Å². The van der Waals surface area contributed by atoms with Crippen LogP contribution in [0.25, 0.3) is 22.4 Å². The van der Waals surface area contributed by atoms with Crippen molar-refractivity contribution in [3.05, 3.63) is 76.5 Å². The van der Waals surface area contributed by atoms with Crippen molar-refractivity contribution >= 4 is 40.9 Å². The summed E-state index contributed by atoms with van der Waals surface area (Å²) in [6, 6.07) is 7.08. The average molecular weight is 788 g/mol. The van der Waals surface area contributed by atoms with E-state index in [1.165, 1.54) is 54.3 Å². The van der Waals surface area contributed by atoms with Crippen LogP contribution in [-0.2, 0) is 23.2 Å². The second-order valence-electron chi connectivity index (χ2n) is 14.4. The summed E-state index contributed by atoms with van der Waals surface area (Å²) in [6.45, 7) is 3.96. The number of amides is 4. The molecule has 0 bridgehead atoms. The van der Waals surface area contributed by atoms with Crippen LogP contribution in [0.2, 0.25) is 5.02 Å². The lowest BCUT2D eigenvalue weighted by molar-refractivity contribution is -0.907. The first-order valence-corrected chi connectivity index (χ1v) is 18.1. The van der Waals surface area contributed by atoms with Gasteiger partial charge in [-0.05, 0) is 31.2 Å². The van der Waals surface area contributed by atoms with E-state index >= 15 is 8.78 Å². The average Bonchev–Trinajstić information content (AvgIpc) is 3.69. The Morgan fingerprint density at radius 2 is 1.65 bits per heavy atom. The molecule has 2 saturated heterocycles. The van der Waals surface area contributed by atoms with E-state index in [-0.39, 0.29) is 74.7 Å². The van der Waals surface area contributed by atoms with Gasteiger partial charge in [-0.25, -0.2) is 22.5 Å². The molecule has 2 aliphatic rings. The van der Waals surface area contributed by atoms with Crippen molar-refractivity contribution in [2.45, 2.75) is 32.7 Å². The number of carbonyl (C=O) groups excluding carboxylic acids is 4. The van der Waals surface area contributed by atoms with E-state index in [0.29, 0.717) is 62.3 Å². The first-order chi connectivity index (χ1) is 26.0. The van der Waals surface area contributed by atoms with Gasteiger partial charge in [-0.3, -0.25) is 19.2 Å². The number of piperazine rings is 1. The summed E-state index contributed by atoms with van der Waals surface area (Å²) in [6.07, 6.45) is 1.20. The number of aromatic nitrogens is 4. The quantitative estimate of drug-likeness (QED) is 0.127. The zero-order valence-corrected chi connectivity index (χ0v) is 31.3. The summed E-state index contributed by atoms with van der Waals surface area (Å²) in [7, 11) is 3.44. The smallest absolute Gasteiger partial charge is 0.298 e. The SMILES string of the molecule is Cc1[nH][n+](CC(F)F)cc1-c1ccc(-c2cnc(C(=O)Nc3ccc(C(=O)N4CCN(C(=O)C5CC[N+](C)(CC(N)=O)CC5)CC4)c(Cl)c3)n2C)c(F)c1F. The molecule has 6 rings (SSSR count). The number of likely N-dealkylation sites (tertiary alicyclic amines) is 1. The van der Waals surface area contributed by atoms with Gasteiger partial charge >= 0.3 is 0 Å². The number of benzene rings is 2. The topological polar surface area (TPSA) is 150 Å². The summed E-state index contributed by atoms with van der Waals surface area (Å²) in [5.74, 6) is -3.96. The molecule has 2 aromatic carbocycles. The van der Waals surface area contributed by atoms with Crippen molar-refractivity contribution in [1.82, 2.24) is 24.4 Å². The third-order valence-corrected chi connectivity index (χ3v) is 10.7. The van der Waals surface area contributed by atoms with Crippen LogP contribution in [0.3, 0.4) is 0 Å². The van der Waals surface area contributed by atoms with Crippen LogP contribution in [0.15, 0.2) is 42.7 Å². The number of hydrogen-bond acceptors (Lipinski definition) is 5. The predicted octanol–water partition coefficient (Wildman–Crippen LogP) is 3.75. The fraction of sp³-hybridized carbons (Fsp3) is 0.405. The molecule has 4 amide bonds. The summed E-state index contributed by atoms with van der Waals surface area (Å²) < 4.78 is 59.4. The number of rotatable bonds is 10. The number of quaternary nitrogens is 1. The Morgan fingerprint density at radius 1 is 1.02 bits per heavy atom. The van der Waals surface area contributed by atoms with Gasteiger partial charge in [0.25, 0.3) is 24.1 Å². The lowest BCUT2D eigenvalue weighted by Crippen LogP contribution is -2.57. The molecule has 292 valence electrons. The number of aromatic amines is 1. The molecule has 2 aromatic heterocycles. The molecule has 2 fully saturated rings. The van der Waals surface area contributed by atoms with E-state index in [0.717, 1.165) is 4.68 Å². The maximum absolute atomic E-state index is 15.5. The second-order valence-corrected chi connectivity index (χ2v) is 14.8. The predicted molar refractivity (Wildman–Crippen MR) is 194 cm³/mol. The number of aryl methyl sites for hydroxylation is 1. The number of carbonyl (C=O) groups is 4. The Bertz CT molecular complexity index is 2140. The van der Waals surface area contributed by atoms with Crippen molar-refractivity contribution in [2.24, 2.45) is 18.7 Å². The number of nitrogens with one attached hydrogen (secondary N) is 2. The highest BCUT2D eigenvalue weighted by Crippen LogP contribution is 2.33. The minimum absolute atomic E-state index is 0.0531. The Kier molecular flexibility index (Phi) is 11.3. The van der Waals surface area contributed by atoms with Crippen molar-refractivity contribution in [2.75, 3.05) is 58.2 Å². The molecule has 0 spiro atoms. The minimum Gasteiger partial charge on any atom is -0.365 e. The second kappa shape index (κ2) is 15.8.